The number of allylic oxidation sites excluding steroid dienone is 4. The van der Waals surface area contributed by atoms with Gasteiger partial charge in [0, 0.05) is 0 Å². The average Bonchev–Trinajstić information content (AvgIpc) is 2.57. The molecule has 0 spiro atoms. The van der Waals surface area contributed by atoms with Crippen LogP contribution in [0.5, 0.6) is 0 Å². The Kier molecular flexibility index (Phi) is 15.9. The molecule has 0 aliphatic carbocycles. The van der Waals surface area contributed by atoms with E-state index >= 15 is 0 Å². The molecule has 24 heavy (non-hydrogen) atoms. The summed E-state index contributed by atoms with van der Waals surface area (Å²) >= 11 is 0. The van der Waals surface area contributed by atoms with Gasteiger partial charge in [0.25, 0.3) is 0 Å². The minimum absolute atomic E-state index is 0.465. The van der Waals surface area contributed by atoms with E-state index in [2.05, 4.69) is 43.6 Å². The molecule has 130 valence electrons. The summed E-state index contributed by atoms with van der Waals surface area (Å²) < 4.78 is 0. The van der Waals surface area contributed by atoms with Gasteiger partial charge in [-0.05, 0) is 50.0 Å². The molecule has 0 amide bonds. The van der Waals surface area contributed by atoms with Gasteiger partial charge in [0.05, 0.1) is 18.6 Å². The van der Waals surface area contributed by atoms with Crippen LogP contribution in [0.2, 0.25) is 0 Å². The lowest BCUT2D eigenvalue weighted by Gasteiger charge is -1.98. The Morgan fingerprint density at radius 2 is 1.33 bits per heavy atom. The summed E-state index contributed by atoms with van der Waals surface area (Å²) in [7, 11) is 0. The number of hydrogen-bond acceptors (Lipinski definition) is 2. The minimum atomic E-state index is -0.482. The summed E-state index contributed by atoms with van der Waals surface area (Å²) in [6.45, 7) is 4.19. The van der Waals surface area contributed by atoms with Crippen molar-refractivity contribution < 1.29 is 10.2 Å². The molecule has 0 aliphatic rings. The summed E-state index contributed by atoms with van der Waals surface area (Å²) in [5, 5.41) is 19.3. The molecular weight excluding hydrogens is 296 g/mol. The van der Waals surface area contributed by atoms with Gasteiger partial charge in [0.2, 0.25) is 0 Å². The van der Waals surface area contributed by atoms with E-state index < -0.39 is 12.2 Å². The molecule has 0 unspecified atom stereocenters. The van der Waals surface area contributed by atoms with Gasteiger partial charge in [-0.15, -0.1) is 0 Å². The van der Waals surface area contributed by atoms with Crippen LogP contribution in [0.25, 0.3) is 0 Å². The zero-order chi connectivity index (χ0) is 17.9. The van der Waals surface area contributed by atoms with Crippen LogP contribution in [0.3, 0.4) is 0 Å². The molecule has 0 aromatic rings. The average molecular weight is 326 g/mol. The Hall–Kier alpha value is -2.00. The van der Waals surface area contributed by atoms with Crippen LogP contribution in [-0.4, -0.2) is 22.4 Å². The summed E-state index contributed by atoms with van der Waals surface area (Å²) in [6, 6.07) is 0. The summed E-state index contributed by atoms with van der Waals surface area (Å²) in [6.07, 6.45) is 18.7. The maximum Gasteiger partial charge on any atom is 0.0764 e. The van der Waals surface area contributed by atoms with Gasteiger partial charge in [-0.3, -0.25) is 0 Å². The molecule has 0 aromatic carbocycles. The molecule has 0 fully saturated rings. The van der Waals surface area contributed by atoms with Crippen molar-refractivity contribution in [1.29, 1.82) is 0 Å². The van der Waals surface area contributed by atoms with Gasteiger partial charge < -0.3 is 10.2 Å². The van der Waals surface area contributed by atoms with E-state index in [4.69, 9.17) is 0 Å². The smallest absolute Gasteiger partial charge is 0.0764 e. The lowest BCUT2D eigenvalue weighted by atomic mass is 10.2. The summed E-state index contributed by atoms with van der Waals surface area (Å²) in [4.78, 5) is 0. The quantitative estimate of drug-likeness (QED) is 0.489. The van der Waals surface area contributed by atoms with E-state index in [0.29, 0.717) is 19.3 Å². The molecule has 0 aromatic heterocycles. The molecule has 0 radical (unpaired) electrons. The van der Waals surface area contributed by atoms with Crippen molar-refractivity contribution in [2.45, 2.75) is 64.6 Å². The van der Waals surface area contributed by atoms with Crippen LogP contribution in [-0.2, 0) is 0 Å². The van der Waals surface area contributed by atoms with Crippen LogP contribution in [0.15, 0.2) is 48.6 Å². The second kappa shape index (κ2) is 17.4. The fourth-order valence-corrected chi connectivity index (χ4v) is 1.66. The lowest BCUT2D eigenvalue weighted by Crippen LogP contribution is -1.98. The molecule has 0 bridgehead atoms. The van der Waals surface area contributed by atoms with Crippen molar-refractivity contribution in [3.05, 3.63) is 48.6 Å². The van der Waals surface area contributed by atoms with E-state index in [0.717, 1.165) is 19.3 Å². The zero-order valence-corrected chi connectivity index (χ0v) is 14.9. The van der Waals surface area contributed by atoms with Gasteiger partial charge in [-0.2, -0.15) is 0 Å². The zero-order valence-electron chi connectivity index (χ0n) is 14.9. The second-order valence-corrected chi connectivity index (χ2v) is 5.28. The fraction of sp³-hybridized carbons (Fsp3) is 0.455. The molecule has 2 atom stereocenters. The first kappa shape index (κ1) is 22.0. The van der Waals surface area contributed by atoms with Crippen molar-refractivity contribution in [2.24, 2.45) is 0 Å². The van der Waals surface area contributed by atoms with E-state index in [1.807, 2.05) is 18.2 Å². The summed E-state index contributed by atoms with van der Waals surface area (Å²) in [5.74, 6) is 11.5. The van der Waals surface area contributed by atoms with E-state index in [-0.39, 0.29) is 0 Å². The van der Waals surface area contributed by atoms with Crippen molar-refractivity contribution >= 4 is 0 Å². The lowest BCUT2D eigenvalue weighted by molar-refractivity contribution is 0.226. The van der Waals surface area contributed by atoms with E-state index in [9.17, 15) is 10.2 Å². The first-order valence-corrected chi connectivity index (χ1v) is 8.66. The third-order valence-corrected chi connectivity index (χ3v) is 2.96. The van der Waals surface area contributed by atoms with Crippen molar-refractivity contribution in [3.8, 4) is 23.7 Å². The molecular formula is C22H30O2. The number of hydrogen-bond donors (Lipinski definition) is 2. The fourth-order valence-electron chi connectivity index (χ4n) is 1.66. The van der Waals surface area contributed by atoms with Gasteiger partial charge >= 0.3 is 0 Å². The number of rotatable bonds is 9. The Morgan fingerprint density at radius 1 is 0.792 bits per heavy atom. The van der Waals surface area contributed by atoms with Crippen molar-refractivity contribution in [3.63, 3.8) is 0 Å². The maximum absolute atomic E-state index is 9.68. The Labute approximate surface area is 147 Å². The number of unbranched alkanes of at least 4 members (excludes halogenated alkanes) is 1. The highest BCUT2D eigenvalue weighted by atomic mass is 16.3. The SMILES string of the molecule is CC/C=C\C[C@H](O)/C=C/C#CCC#C/C=C/[C@@H](O)C/C=C\CCC. The molecule has 0 saturated heterocycles. The molecule has 2 nitrogen and oxygen atoms in total. The van der Waals surface area contributed by atoms with Crippen molar-refractivity contribution in [1.82, 2.24) is 0 Å². The van der Waals surface area contributed by atoms with Crippen LogP contribution in [0, 0.1) is 23.7 Å². The van der Waals surface area contributed by atoms with Crippen LogP contribution >= 0.6 is 0 Å². The Morgan fingerprint density at radius 3 is 1.83 bits per heavy atom. The molecule has 0 heterocycles. The Bertz CT molecular complexity index is 530. The third-order valence-electron chi connectivity index (χ3n) is 2.96. The van der Waals surface area contributed by atoms with E-state index in [1.54, 1.807) is 24.3 Å². The van der Waals surface area contributed by atoms with Crippen LogP contribution in [0.1, 0.15) is 52.4 Å². The third kappa shape index (κ3) is 16.4. The van der Waals surface area contributed by atoms with Gasteiger partial charge in [0.15, 0.2) is 0 Å². The van der Waals surface area contributed by atoms with Crippen LogP contribution < -0.4 is 0 Å². The highest BCUT2D eigenvalue weighted by Gasteiger charge is 1.93. The molecule has 0 rings (SSSR count). The van der Waals surface area contributed by atoms with Crippen LogP contribution in [0.4, 0.5) is 0 Å². The highest BCUT2D eigenvalue weighted by molar-refractivity contribution is 5.23. The monoisotopic (exact) mass is 326 g/mol. The van der Waals surface area contributed by atoms with Gasteiger partial charge in [-0.1, -0.05) is 68.3 Å². The maximum atomic E-state index is 9.68. The first-order valence-electron chi connectivity index (χ1n) is 8.66. The molecule has 2 N–H and O–H groups in total. The molecule has 0 aliphatic heterocycles. The highest BCUT2D eigenvalue weighted by Crippen LogP contribution is 1.98. The first-order chi connectivity index (χ1) is 11.7. The minimum Gasteiger partial charge on any atom is -0.389 e. The topological polar surface area (TPSA) is 40.5 Å². The standard InChI is InChI=1S/C22H30O2/c1-3-5-7-14-18-22(24)20-16-12-10-8-9-11-15-19-21(23)17-13-6-4-2/h6-7,13-16,19-24H,3-5,8,17-18H2,1-2H3/b13-6-,14-7-,19-15+,20-16+/t21-,22-/m0/s1. The predicted molar refractivity (Wildman–Crippen MR) is 103 cm³/mol. The van der Waals surface area contributed by atoms with Gasteiger partial charge in [-0.25, -0.2) is 0 Å². The van der Waals surface area contributed by atoms with Gasteiger partial charge in [0.1, 0.15) is 0 Å². The number of aliphatic hydroxyl groups is 2. The van der Waals surface area contributed by atoms with E-state index in [1.165, 1.54) is 0 Å². The predicted octanol–water partition coefficient (Wildman–Crippen LogP) is 4.32. The largest absolute Gasteiger partial charge is 0.389 e. The summed E-state index contributed by atoms with van der Waals surface area (Å²) in [5.41, 5.74) is 0. The van der Waals surface area contributed by atoms with Crippen molar-refractivity contribution in [2.75, 3.05) is 0 Å². The second-order valence-electron chi connectivity index (χ2n) is 5.28. The molecule has 0 saturated carbocycles. The normalized spacial score (nSPS) is 14.0. The number of aliphatic hydroxyl groups excluding tert-OH is 2. The Balaban J connectivity index is 3.95. The molecule has 2 heteroatoms.